The molecule has 2 aromatic carbocycles. The summed E-state index contributed by atoms with van der Waals surface area (Å²) in [5, 5.41) is 3.70. The Kier molecular flexibility index (Phi) is 4.43. The normalized spacial score (nSPS) is 10.5. The average molecular weight is 327 g/mol. The SMILES string of the molecule is COc1ccc(NC(=O)CN(C)c2nc3ccccc3s2)cc1. The van der Waals surface area contributed by atoms with E-state index in [0.717, 1.165) is 26.8 Å². The Labute approximate surface area is 138 Å². The fourth-order valence-electron chi connectivity index (χ4n) is 2.18. The Morgan fingerprint density at radius 2 is 1.96 bits per heavy atom. The second kappa shape index (κ2) is 6.66. The number of nitrogens with zero attached hydrogens (tertiary/aromatic N) is 2. The number of aromatic nitrogens is 1. The van der Waals surface area contributed by atoms with E-state index in [4.69, 9.17) is 4.74 Å². The topological polar surface area (TPSA) is 54.5 Å². The number of carbonyl (C=O) groups is 1. The largest absolute Gasteiger partial charge is 0.497 e. The summed E-state index contributed by atoms with van der Waals surface area (Å²) in [4.78, 5) is 18.6. The van der Waals surface area contributed by atoms with E-state index in [1.807, 2.05) is 60.5 Å². The number of hydrogen-bond acceptors (Lipinski definition) is 5. The highest BCUT2D eigenvalue weighted by atomic mass is 32.1. The predicted octanol–water partition coefficient (Wildman–Crippen LogP) is 3.38. The number of amides is 1. The maximum Gasteiger partial charge on any atom is 0.243 e. The van der Waals surface area contributed by atoms with Crippen LogP contribution in [0.25, 0.3) is 10.2 Å². The summed E-state index contributed by atoms with van der Waals surface area (Å²) >= 11 is 1.58. The van der Waals surface area contributed by atoms with Crippen LogP contribution in [0.15, 0.2) is 48.5 Å². The quantitative estimate of drug-likeness (QED) is 0.780. The van der Waals surface area contributed by atoms with E-state index >= 15 is 0 Å². The number of anilines is 2. The summed E-state index contributed by atoms with van der Waals surface area (Å²) < 4.78 is 6.21. The molecule has 6 heteroatoms. The molecule has 1 aromatic heterocycles. The number of methoxy groups -OCH3 is 1. The first-order valence-corrected chi connectivity index (χ1v) is 7.98. The van der Waals surface area contributed by atoms with Gasteiger partial charge in [-0.2, -0.15) is 0 Å². The molecule has 3 rings (SSSR count). The lowest BCUT2D eigenvalue weighted by molar-refractivity contribution is -0.114. The smallest absolute Gasteiger partial charge is 0.243 e. The summed E-state index contributed by atoms with van der Waals surface area (Å²) in [5.74, 6) is 0.673. The fraction of sp³-hybridized carbons (Fsp3) is 0.176. The van der Waals surface area contributed by atoms with Crippen LogP contribution in [0.1, 0.15) is 0 Å². The maximum absolute atomic E-state index is 12.2. The van der Waals surface area contributed by atoms with Crippen LogP contribution < -0.4 is 15.0 Å². The molecular formula is C17H17N3O2S. The van der Waals surface area contributed by atoms with Crippen molar-refractivity contribution in [2.24, 2.45) is 0 Å². The molecule has 1 amide bonds. The lowest BCUT2D eigenvalue weighted by atomic mass is 10.3. The number of para-hydroxylation sites is 1. The number of hydrogen-bond donors (Lipinski definition) is 1. The van der Waals surface area contributed by atoms with Crippen LogP contribution in [0.5, 0.6) is 5.75 Å². The molecular weight excluding hydrogens is 310 g/mol. The van der Waals surface area contributed by atoms with Crippen LogP contribution in [0.4, 0.5) is 10.8 Å². The molecule has 0 unspecified atom stereocenters. The lowest BCUT2D eigenvalue weighted by Gasteiger charge is -2.15. The molecule has 5 nitrogen and oxygen atoms in total. The van der Waals surface area contributed by atoms with Crippen molar-refractivity contribution >= 4 is 38.3 Å². The van der Waals surface area contributed by atoms with Crippen molar-refractivity contribution < 1.29 is 9.53 Å². The molecule has 118 valence electrons. The van der Waals surface area contributed by atoms with Gasteiger partial charge in [-0.1, -0.05) is 23.5 Å². The molecule has 0 bridgehead atoms. The minimum Gasteiger partial charge on any atom is -0.497 e. The number of nitrogens with one attached hydrogen (secondary N) is 1. The zero-order valence-electron chi connectivity index (χ0n) is 12.9. The summed E-state index contributed by atoms with van der Waals surface area (Å²) in [6.45, 7) is 0.242. The second-order valence-corrected chi connectivity index (χ2v) is 6.11. The number of rotatable bonds is 5. The van der Waals surface area contributed by atoms with Gasteiger partial charge in [0.05, 0.1) is 23.9 Å². The minimum atomic E-state index is -0.0862. The molecule has 3 aromatic rings. The predicted molar refractivity (Wildman–Crippen MR) is 94.5 cm³/mol. The zero-order valence-corrected chi connectivity index (χ0v) is 13.8. The lowest BCUT2D eigenvalue weighted by Crippen LogP contribution is -2.29. The van der Waals surface area contributed by atoms with Crippen LogP contribution in [0, 0.1) is 0 Å². The molecule has 0 saturated carbocycles. The molecule has 0 aliphatic carbocycles. The van der Waals surface area contributed by atoms with E-state index in [0.29, 0.717) is 0 Å². The van der Waals surface area contributed by atoms with Gasteiger partial charge in [0.15, 0.2) is 5.13 Å². The first-order valence-electron chi connectivity index (χ1n) is 7.16. The van der Waals surface area contributed by atoms with Gasteiger partial charge in [-0.25, -0.2) is 4.98 Å². The van der Waals surface area contributed by atoms with E-state index in [1.54, 1.807) is 18.4 Å². The highest BCUT2D eigenvalue weighted by Gasteiger charge is 2.12. The molecule has 0 atom stereocenters. The molecule has 0 fully saturated rings. The van der Waals surface area contributed by atoms with Crippen molar-refractivity contribution in [2.75, 3.05) is 30.9 Å². The third kappa shape index (κ3) is 3.60. The average Bonchev–Trinajstić information content (AvgIpc) is 2.99. The van der Waals surface area contributed by atoms with Gasteiger partial charge in [-0.05, 0) is 36.4 Å². The summed E-state index contributed by atoms with van der Waals surface area (Å²) in [7, 11) is 3.48. The van der Waals surface area contributed by atoms with Crippen molar-refractivity contribution in [2.45, 2.75) is 0 Å². The molecule has 0 spiro atoms. The second-order valence-electron chi connectivity index (χ2n) is 5.10. The van der Waals surface area contributed by atoms with Crippen molar-refractivity contribution in [3.05, 3.63) is 48.5 Å². The van der Waals surface area contributed by atoms with Crippen molar-refractivity contribution in [1.29, 1.82) is 0 Å². The molecule has 0 aliphatic rings. The van der Waals surface area contributed by atoms with E-state index in [-0.39, 0.29) is 12.5 Å². The van der Waals surface area contributed by atoms with Gasteiger partial charge < -0.3 is 15.0 Å². The first kappa shape index (κ1) is 15.3. The summed E-state index contributed by atoms with van der Waals surface area (Å²) in [6.07, 6.45) is 0. The minimum absolute atomic E-state index is 0.0862. The number of benzene rings is 2. The highest BCUT2D eigenvalue weighted by Crippen LogP contribution is 2.27. The van der Waals surface area contributed by atoms with Gasteiger partial charge in [0.25, 0.3) is 0 Å². The maximum atomic E-state index is 12.2. The Morgan fingerprint density at radius 1 is 1.22 bits per heavy atom. The number of carbonyl (C=O) groups excluding carboxylic acids is 1. The molecule has 1 heterocycles. The number of ether oxygens (including phenoxy) is 1. The third-order valence-electron chi connectivity index (χ3n) is 3.36. The Balaban J connectivity index is 1.64. The van der Waals surface area contributed by atoms with Gasteiger partial charge in [0.2, 0.25) is 5.91 Å². The molecule has 0 saturated heterocycles. The van der Waals surface area contributed by atoms with E-state index in [9.17, 15) is 4.79 Å². The van der Waals surface area contributed by atoms with Crippen molar-refractivity contribution in [1.82, 2.24) is 4.98 Å². The Hall–Kier alpha value is -2.60. The standard InChI is InChI=1S/C17H17N3O2S/c1-20(17-19-14-5-3-4-6-15(14)23-17)11-16(21)18-12-7-9-13(22-2)10-8-12/h3-10H,11H2,1-2H3,(H,18,21). The highest BCUT2D eigenvalue weighted by molar-refractivity contribution is 7.22. The molecule has 0 radical (unpaired) electrons. The monoisotopic (exact) mass is 327 g/mol. The van der Waals surface area contributed by atoms with Crippen molar-refractivity contribution in [3.63, 3.8) is 0 Å². The van der Waals surface area contributed by atoms with Gasteiger partial charge in [0, 0.05) is 12.7 Å². The van der Waals surface area contributed by atoms with Crippen molar-refractivity contribution in [3.8, 4) is 5.75 Å². The van der Waals surface area contributed by atoms with Gasteiger partial charge >= 0.3 is 0 Å². The van der Waals surface area contributed by atoms with Crippen LogP contribution in [0.3, 0.4) is 0 Å². The van der Waals surface area contributed by atoms with E-state index < -0.39 is 0 Å². The number of fused-ring (bicyclic) bond motifs is 1. The molecule has 0 aliphatic heterocycles. The van der Waals surface area contributed by atoms with Crippen LogP contribution in [0.2, 0.25) is 0 Å². The van der Waals surface area contributed by atoms with Crippen LogP contribution >= 0.6 is 11.3 Å². The van der Waals surface area contributed by atoms with E-state index in [1.165, 1.54) is 0 Å². The zero-order chi connectivity index (χ0) is 16.2. The van der Waals surface area contributed by atoms with Gasteiger partial charge in [-0.3, -0.25) is 4.79 Å². The Morgan fingerprint density at radius 3 is 2.65 bits per heavy atom. The van der Waals surface area contributed by atoms with E-state index in [2.05, 4.69) is 10.3 Å². The Bertz CT molecular complexity index is 781. The van der Waals surface area contributed by atoms with Crippen LogP contribution in [-0.4, -0.2) is 31.6 Å². The fourth-order valence-corrected chi connectivity index (χ4v) is 3.11. The molecule has 23 heavy (non-hydrogen) atoms. The summed E-state index contributed by atoms with van der Waals surface area (Å²) in [5.41, 5.74) is 1.70. The number of likely N-dealkylation sites (N-methyl/N-ethyl adjacent to an activating group) is 1. The number of thiazole rings is 1. The van der Waals surface area contributed by atoms with Crippen LogP contribution in [-0.2, 0) is 4.79 Å². The first-order chi connectivity index (χ1) is 11.2. The van der Waals surface area contributed by atoms with Gasteiger partial charge in [0.1, 0.15) is 5.75 Å². The summed E-state index contributed by atoms with van der Waals surface area (Å²) in [6, 6.07) is 15.2. The third-order valence-corrected chi connectivity index (χ3v) is 4.51. The van der Waals surface area contributed by atoms with Gasteiger partial charge in [-0.15, -0.1) is 0 Å². The molecule has 1 N–H and O–H groups in total.